The van der Waals surface area contributed by atoms with Crippen molar-refractivity contribution >= 4 is 45.3 Å². The molecule has 0 amide bonds. The number of hydrogen-bond donors (Lipinski definition) is 0. The van der Waals surface area contributed by atoms with Crippen LogP contribution in [0, 0.1) is 5.41 Å². The molecule has 1 aromatic carbocycles. The number of nitrogens with zero attached hydrogens (tertiary/aromatic N) is 1. The molecule has 25 heavy (non-hydrogen) atoms. The molecule has 0 atom stereocenters. The number of aromatic nitrogens is 1. The molecule has 4 nitrogen and oxygen atoms in total. The average molecular weight is 406 g/mol. The zero-order chi connectivity index (χ0) is 18.8. The third-order valence-corrected chi connectivity index (χ3v) is 5.89. The summed E-state index contributed by atoms with van der Waals surface area (Å²) in [5, 5.41) is 0.977. The van der Waals surface area contributed by atoms with Crippen LogP contribution < -0.4 is 5.46 Å². The standard InChI is InChI=1S/C19H25BBrNO3/c1-17(2,3)16(23)22-11-10-12-14(21)9-8-13(15(12)22)20-24-18(4,5)19(6,7)25-20/h8-11H,1-7H3. The highest BCUT2D eigenvalue weighted by molar-refractivity contribution is 9.10. The summed E-state index contributed by atoms with van der Waals surface area (Å²) in [7, 11) is -0.512. The van der Waals surface area contributed by atoms with E-state index in [9.17, 15) is 4.79 Å². The lowest BCUT2D eigenvalue weighted by molar-refractivity contribution is 0.00578. The van der Waals surface area contributed by atoms with Gasteiger partial charge in [-0.3, -0.25) is 9.36 Å². The maximum Gasteiger partial charge on any atom is 0.497 e. The van der Waals surface area contributed by atoms with E-state index in [-0.39, 0.29) is 5.91 Å². The number of halogens is 1. The van der Waals surface area contributed by atoms with Crippen LogP contribution in [0.15, 0.2) is 28.9 Å². The second-order valence-corrected chi connectivity index (χ2v) is 9.58. The van der Waals surface area contributed by atoms with Crippen molar-refractivity contribution in [2.45, 2.75) is 59.7 Å². The molecule has 0 saturated carbocycles. The van der Waals surface area contributed by atoms with Gasteiger partial charge in [0.05, 0.1) is 16.7 Å². The minimum absolute atomic E-state index is 0.0402. The highest BCUT2D eigenvalue weighted by Gasteiger charge is 2.52. The number of carbonyl (C=O) groups excluding carboxylic acids is 1. The van der Waals surface area contributed by atoms with E-state index in [1.165, 1.54) is 0 Å². The molecule has 0 radical (unpaired) electrons. The smallest absolute Gasteiger partial charge is 0.399 e. The topological polar surface area (TPSA) is 40.5 Å². The molecule has 1 fully saturated rings. The maximum atomic E-state index is 12.9. The molecule has 0 unspecified atom stereocenters. The van der Waals surface area contributed by atoms with Gasteiger partial charge in [-0.1, -0.05) is 42.8 Å². The Balaban J connectivity index is 2.19. The van der Waals surface area contributed by atoms with Gasteiger partial charge < -0.3 is 9.31 Å². The minimum atomic E-state index is -0.512. The highest BCUT2D eigenvalue weighted by Crippen LogP contribution is 2.37. The third-order valence-electron chi connectivity index (χ3n) is 5.19. The third kappa shape index (κ3) is 2.98. The fraction of sp³-hybridized carbons (Fsp3) is 0.526. The van der Waals surface area contributed by atoms with Crippen LogP contribution in [-0.2, 0) is 9.31 Å². The molecule has 2 heterocycles. The van der Waals surface area contributed by atoms with Gasteiger partial charge in [-0.2, -0.15) is 0 Å². The van der Waals surface area contributed by atoms with Crippen molar-refractivity contribution in [2.75, 3.05) is 0 Å². The summed E-state index contributed by atoms with van der Waals surface area (Å²) in [6.45, 7) is 13.9. The van der Waals surface area contributed by atoms with Gasteiger partial charge in [0.1, 0.15) is 0 Å². The first-order chi connectivity index (χ1) is 11.3. The summed E-state index contributed by atoms with van der Waals surface area (Å²) in [6, 6.07) is 5.91. The molecule has 0 aliphatic carbocycles. The second-order valence-electron chi connectivity index (χ2n) is 8.73. The van der Waals surface area contributed by atoms with Gasteiger partial charge in [-0.25, -0.2) is 0 Å². The number of fused-ring (bicyclic) bond motifs is 1. The van der Waals surface area contributed by atoms with E-state index in [4.69, 9.17) is 9.31 Å². The largest absolute Gasteiger partial charge is 0.497 e. The van der Waals surface area contributed by atoms with Crippen LogP contribution in [0.25, 0.3) is 10.9 Å². The molecule has 1 aliphatic rings. The van der Waals surface area contributed by atoms with Gasteiger partial charge in [0, 0.05) is 26.9 Å². The predicted octanol–water partition coefficient (Wildman–Crippen LogP) is 4.39. The van der Waals surface area contributed by atoms with E-state index in [0.717, 1.165) is 20.8 Å². The lowest BCUT2D eigenvalue weighted by Crippen LogP contribution is -2.41. The van der Waals surface area contributed by atoms with Gasteiger partial charge in [0.2, 0.25) is 5.91 Å². The lowest BCUT2D eigenvalue weighted by Gasteiger charge is -2.32. The molecule has 1 aliphatic heterocycles. The monoisotopic (exact) mass is 405 g/mol. The first-order valence-corrected chi connectivity index (χ1v) is 9.34. The molecular weight excluding hydrogens is 381 g/mol. The second kappa shape index (κ2) is 5.70. The van der Waals surface area contributed by atoms with E-state index in [0.29, 0.717) is 0 Å². The zero-order valence-corrected chi connectivity index (χ0v) is 17.5. The summed E-state index contributed by atoms with van der Waals surface area (Å²) < 4.78 is 15.1. The molecule has 1 aromatic heterocycles. The Morgan fingerprint density at radius 1 is 1.08 bits per heavy atom. The summed E-state index contributed by atoms with van der Waals surface area (Å²) in [5.74, 6) is 0.0402. The number of carbonyl (C=O) groups is 1. The molecular formula is C19H25BBrNO3. The molecule has 0 N–H and O–H groups in total. The van der Waals surface area contributed by atoms with Crippen molar-refractivity contribution in [2.24, 2.45) is 5.41 Å². The number of rotatable bonds is 1. The van der Waals surface area contributed by atoms with Gasteiger partial charge in [0.15, 0.2) is 0 Å². The molecule has 0 bridgehead atoms. The first-order valence-electron chi connectivity index (χ1n) is 8.55. The fourth-order valence-corrected chi connectivity index (χ4v) is 3.39. The van der Waals surface area contributed by atoms with Crippen molar-refractivity contribution in [3.8, 4) is 0 Å². The van der Waals surface area contributed by atoms with Crippen LogP contribution in [0.2, 0.25) is 0 Å². The van der Waals surface area contributed by atoms with Crippen LogP contribution >= 0.6 is 15.9 Å². The van der Waals surface area contributed by atoms with Crippen LogP contribution in [0.1, 0.15) is 53.3 Å². The summed E-state index contributed by atoms with van der Waals surface area (Å²) in [4.78, 5) is 12.9. The Morgan fingerprint density at radius 2 is 1.64 bits per heavy atom. The van der Waals surface area contributed by atoms with Crippen LogP contribution in [0.4, 0.5) is 0 Å². The van der Waals surface area contributed by atoms with E-state index in [1.807, 2.05) is 72.9 Å². The Labute approximate surface area is 158 Å². The molecule has 2 aromatic rings. The molecule has 3 rings (SSSR count). The van der Waals surface area contributed by atoms with Crippen molar-refractivity contribution in [3.05, 3.63) is 28.9 Å². The SMILES string of the molecule is CC(C)(C)C(=O)n1ccc2c(Br)ccc(B3OC(C)(C)C(C)(C)O3)c21. The molecule has 134 valence electrons. The Morgan fingerprint density at radius 3 is 2.16 bits per heavy atom. The normalized spacial score (nSPS) is 19.6. The summed E-state index contributed by atoms with van der Waals surface area (Å²) >= 11 is 3.59. The molecule has 0 spiro atoms. The van der Waals surface area contributed by atoms with Gasteiger partial charge in [0.25, 0.3) is 0 Å². The van der Waals surface area contributed by atoms with Crippen LogP contribution in [0.3, 0.4) is 0 Å². The van der Waals surface area contributed by atoms with Crippen LogP contribution in [0.5, 0.6) is 0 Å². The van der Waals surface area contributed by atoms with E-state index >= 15 is 0 Å². The van der Waals surface area contributed by atoms with Gasteiger partial charge >= 0.3 is 7.12 Å². The van der Waals surface area contributed by atoms with E-state index in [1.54, 1.807) is 4.57 Å². The Hall–Kier alpha value is -1.11. The summed E-state index contributed by atoms with van der Waals surface area (Å²) in [5.41, 5.74) is 0.374. The fourth-order valence-electron chi connectivity index (χ4n) is 2.94. The Kier molecular flexibility index (Phi) is 4.26. The predicted molar refractivity (Wildman–Crippen MR) is 105 cm³/mol. The molecule has 6 heteroatoms. The maximum absolute atomic E-state index is 12.9. The van der Waals surface area contributed by atoms with Crippen molar-refractivity contribution < 1.29 is 14.1 Å². The minimum Gasteiger partial charge on any atom is -0.399 e. The Bertz CT molecular complexity index is 832. The van der Waals surface area contributed by atoms with Gasteiger partial charge in [-0.05, 0) is 39.8 Å². The van der Waals surface area contributed by atoms with Crippen molar-refractivity contribution in [1.82, 2.24) is 4.57 Å². The van der Waals surface area contributed by atoms with Crippen molar-refractivity contribution in [3.63, 3.8) is 0 Å². The van der Waals surface area contributed by atoms with E-state index in [2.05, 4.69) is 15.9 Å². The molecule has 1 saturated heterocycles. The lowest BCUT2D eigenvalue weighted by atomic mass is 9.77. The average Bonchev–Trinajstić information content (AvgIpc) is 2.98. The number of benzene rings is 1. The van der Waals surface area contributed by atoms with Gasteiger partial charge in [-0.15, -0.1) is 0 Å². The van der Waals surface area contributed by atoms with Crippen molar-refractivity contribution in [1.29, 1.82) is 0 Å². The zero-order valence-electron chi connectivity index (χ0n) is 15.9. The van der Waals surface area contributed by atoms with Crippen LogP contribution in [-0.4, -0.2) is 28.8 Å². The highest BCUT2D eigenvalue weighted by atomic mass is 79.9. The quantitative estimate of drug-likeness (QED) is 0.660. The summed E-state index contributed by atoms with van der Waals surface area (Å²) in [6.07, 6.45) is 1.83. The number of hydrogen-bond acceptors (Lipinski definition) is 3. The first kappa shape index (κ1) is 18.7. The van der Waals surface area contributed by atoms with E-state index < -0.39 is 23.7 Å².